The van der Waals surface area contributed by atoms with E-state index in [4.69, 9.17) is 13.9 Å². The van der Waals surface area contributed by atoms with Gasteiger partial charge in [0.1, 0.15) is 23.9 Å². The fourth-order valence-electron chi connectivity index (χ4n) is 7.95. The van der Waals surface area contributed by atoms with Gasteiger partial charge in [0, 0.05) is 30.1 Å². The maximum absolute atomic E-state index is 12.5. The molecule has 5 aromatic carbocycles. The molecular weight excluding hydrogens is 847 g/mol. The minimum atomic E-state index is -3.57. The number of aromatic hydroxyl groups is 1. The highest BCUT2D eigenvalue weighted by atomic mass is 32.2. The first-order valence-electron chi connectivity index (χ1n) is 23.3. The van der Waals surface area contributed by atoms with Gasteiger partial charge in [-0.3, -0.25) is 9.62 Å². The second-order valence-corrected chi connectivity index (χ2v) is 25.9. The maximum Gasteiger partial charge on any atom is 0.229 e. The third-order valence-corrected chi connectivity index (χ3v) is 17.6. The molecule has 0 fully saturated rings. The molecule has 0 saturated heterocycles. The number of sulfonamides is 1. The number of phenols is 1. The van der Waals surface area contributed by atoms with Crippen molar-refractivity contribution < 1.29 is 27.4 Å². The molecule has 0 bridgehead atoms. The Morgan fingerprint density at radius 1 is 0.738 bits per heavy atom. The summed E-state index contributed by atoms with van der Waals surface area (Å²) < 4.78 is 46.9. The standard InChI is InChI=1S/C54H75N3O6SSi/c1-40(2)57(41(3)4)34-32-48(45-21-15-12-16-22-45)49-36-43(25-29-51(49)58)20-17-35-61-47-27-23-42(24-28-47)31-33-55-38-53(63-65(9,10)54(5,6)7)46-26-30-52(50(37-46)56-64(8,59)60)62-39-44-18-13-11-14-19-44/h11-16,18-19,21-30,36-37,40-41,48,53,55-56,58H,17,20,31-35,38-39H2,1-10H3. The van der Waals surface area contributed by atoms with Crippen molar-refractivity contribution in [3.05, 3.63) is 155 Å². The molecule has 3 N–H and O–H groups in total. The van der Waals surface area contributed by atoms with E-state index < -0.39 is 18.3 Å². The monoisotopic (exact) mass is 922 g/mol. The van der Waals surface area contributed by atoms with Crippen molar-refractivity contribution in [2.45, 2.75) is 123 Å². The molecule has 5 rings (SSSR count). The second-order valence-electron chi connectivity index (χ2n) is 19.4. The van der Waals surface area contributed by atoms with Crippen LogP contribution in [0.15, 0.2) is 121 Å². The van der Waals surface area contributed by atoms with Crippen molar-refractivity contribution in [1.82, 2.24) is 10.2 Å². The summed E-state index contributed by atoms with van der Waals surface area (Å²) >= 11 is 0. The first-order valence-corrected chi connectivity index (χ1v) is 28.1. The van der Waals surface area contributed by atoms with Crippen molar-refractivity contribution in [1.29, 1.82) is 0 Å². The Labute approximate surface area is 392 Å². The van der Waals surface area contributed by atoms with Crippen LogP contribution in [0, 0.1) is 0 Å². The molecular formula is C54H75N3O6SSi. The van der Waals surface area contributed by atoms with Gasteiger partial charge in [0.05, 0.1) is 24.7 Å². The highest BCUT2D eigenvalue weighted by Gasteiger charge is 2.39. The molecule has 5 aromatic rings. The number of nitrogens with one attached hydrogen (secondary N) is 2. The van der Waals surface area contributed by atoms with E-state index in [-0.39, 0.29) is 17.1 Å². The summed E-state index contributed by atoms with van der Waals surface area (Å²) in [5.74, 6) is 1.75. The Kier molecular flexibility index (Phi) is 18.7. The van der Waals surface area contributed by atoms with Gasteiger partial charge in [-0.15, -0.1) is 0 Å². The fourth-order valence-corrected chi connectivity index (χ4v) is 9.79. The number of hydrogen-bond donors (Lipinski definition) is 3. The van der Waals surface area contributed by atoms with Crippen LogP contribution in [0.3, 0.4) is 0 Å². The summed E-state index contributed by atoms with van der Waals surface area (Å²) in [6.45, 7) is 23.3. The lowest BCUT2D eigenvalue weighted by atomic mass is 9.86. The van der Waals surface area contributed by atoms with Crippen LogP contribution >= 0.6 is 0 Å². The molecule has 0 aromatic heterocycles. The van der Waals surface area contributed by atoms with E-state index in [0.717, 1.165) is 67.5 Å². The summed E-state index contributed by atoms with van der Waals surface area (Å²) in [4.78, 5) is 2.52. The quantitative estimate of drug-likeness (QED) is 0.0392. The Morgan fingerprint density at radius 3 is 2.02 bits per heavy atom. The molecule has 352 valence electrons. The molecule has 2 unspecified atom stereocenters. The van der Waals surface area contributed by atoms with Crippen LogP contribution in [0.1, 0.15) is 107 Å². The van der Waals surface area contributed by atoms with Crippen LogP contribution in [-0.2, 0) is 33.9 Å². The topological polar surface area (TPSA) is 109 Å². The Morgan fingerprint density at radius 2 is 1.38 bits per heavy atom. The average molecular weight is 922 g/mol. The van der Waals surface area contributed by atoms with E-state index in [2.05, 4.69) is 119 Å². The normalized spacial score (nSPS) is 13.3. The van der Waals surface area contributed by atoms with Crippen LogP contribution in [0.4, 0.5) is 5.69 Å². The summed E-state index contributed by atoms with van der Waals surface area (Å²) in [6, 6.07) is 41.3. The zero-order valence-corrected chi connectivity index (χ0v) is 42.4. The lowest BCUT2D eigenvalue weighted by Gasteiger charge is -2.39. The zero-order valence-electron chi connectivity index (χ0n) is 40.6. The number of ether oxygens (including phenoxy) is 2. The summed E-state index contributed by atoms with van der Waals surface area (Å²) in [5.41, 5.74) is 6.85. The van der Waals surface area contributed by atoms with Crippen molar-refractivity contribution in [2.75, 3.05) is 37.2 Å². The average Bonchev–Trinajstić information content (AvgIpc) is 3.25. The fraction of sp³-hybridized carbons (Fsp3) is 0.444. The summed E-state index contributed by atoms with van der Waals surface area (Å²) in [5, 5.41) is 14.7. The van der Waals surface area contributed by atoms with Crippen LogP contribution in [0.5, 0.6) is 17.2 Å². The Hall–Kier alpha value is -4.65. The smallest absolute Gasteiger partial charge is 0.229 e. The zero-order chi connectivity index (χ0) is 47.2. The minimum absolute atomic E-state index is 0.0218. The largest absolute Gasteiger partial charge is 0.508 e. The molecule has 65 heavy (non-hydrogen) atoms. The van der Waals surface area contributed by atoms with Gasteiger partial charge in [-0.2, -0.15) is 0 Å². The first kappa shape index (κ1) is 51.3. The number of anilines is 1. The van der Waals surface area contributed by atoms with Gasteiger partial charge in [-0.05, 0) is 143 Å². The number of rotatable bonds is 25. The van der Waals surface area contributed by atoms with Crippen LogP contribution in [0.25, 0.3) is 0 Å². The molecule has 0 aliphatic rings. The van der Waals surface area contributed by atoms with Gasteiger partial charge >= 0.3 is 0 Å². The second kappa shape index (κ2) is 23.7. The van der Waals surface area contributed by atoms with Gasteiger partial charge in [-0.1, -0.05) is 112 Å². The molecule has 0 aliphatic heterocycles. The maximum atomic E-state index is 12.5. The lowest BCUT2D eigenvalue weighted by Crippen LogP contribution is -2.43. The number of phenolic OH excluding ortho intramolecular Hbond substituents is 1. The molecule has 0 saturated carbocycles. The molecule has 0 amide bonds. The number of benzene rings is 5. The summed E-state index contributed by atoms with van der Waals surface area (Å²) in [7, 11) is -5.80. The van der Waals surface area contributed by atoms with Crippen molar-refractivity contribution in [2.24, 2.45) is 0 Å². The van der Waals surface area contributed by atoms with E-state index in [9.17, 15) is 13.5 Å². The predicted molar refractivity (Wildman–Crippen MR) is 272 cm³/mol. The van der Waals surface area contributed by atoms with Gasteiger partial charge in [-0.25, -0.2) is 8.42 Å². The predicted octanol–water partition coefficient (Wildman–Crippen LogP) is 11.9. The molecule has 2 atom stereocenters. The van der Waals surface area contributed by atoms with Crippen molar-refractivity contribution in [3.63, 3.8) is 0 Å². The summed E-state index contributed by atoms with van der Waals surface area (Å²) in [6.07, 6.45) is 4.29. The lowest BCUT2D eigenvalue weighted by molar-refractivity contribution is 0.170. The molecule has 9 nitrogen and oxygen atoms in total. The molecule has 0 spiro atoms. The first-order chi connectivity index (χ1) is 30.8. The van der Waals surface area contributed by atoms with Gasteiger partial charge in [0.2, 0.25) is 10.0 Å². The number of aryl methyl sites for hydroxylation is 1. The van der Waals surface area contributed by atoms with Crippen LogP contribution < -0.4 is 19.5 Å². The highest BCUT2D eigenvalue weighted by molar-refractivity contribution is 7.92. The van der Waals surface area contributed by atoms with E-state index in [1.807, 2.05) is 78.9 Å². The molecule has 0 heterocycles. The Bertz CT molecular complexity index is 2310. The van der Waals surface area contributed by atoms with Gasteiger partial charge in [0.25, 0.3) is 0 Å². The Balaban J connectivity index is 1.16. The third kappa shape index (κ3) is 16.0. The third-order valence-electron chi connectivity index (χ3n) is 12.5. The molecule has 0 radical (unpaired) electrons. The SMILES string of the molecule is CC(C)N(CCC(c1ccccc1)c1cc(CCCOc2ccc(CCNCC(O[Si](C)(C)C(C)(C)C)c3ccc(OCc4ccccc4)c(NS(C)(=O)=O)c3)cc2)ccc1O)C(C)C. The van der Waals surface area contributed by atoms with Gasteiger partial charge < -0.3 is 24.3 Å². The highest BCUT2D eigenvalue weighted by Crippen LogP contribution is 2.41. The molecule has 0 aliphatic carbocycles. The number of hydrogen-bond acceptors (Lipinski definition) is 8. The van der Waals surface area contributed by atoms with E-state index in [0.29, 0.717) is 49.0 Å². The van der Waals surface area contributed by atoms with E-state index in [1.54, 1.807) is 0 Å². The van der Waals surface area contributed by atoms with Crippen LogP contribution in [-0.4, -0.2) is 71.3 Å². The van der Waals surface area contributed by atoms with Gasteiger partial charge in [0.15, 0.2) is 8.32 Å². The van der Waals surface area contributed by atoms with Crippen molar-refractivity contribution in [3.8, 4) is 17.2 Å². The van der Waals surface area contributed by atoms with E-state index in [1.165, 1.54) is 16.7 Å². The molecule has 11 heteroatoms. The minimum Gasteiger partial charge on any atom is -0.508 e. The number of nitrogens with zero attached hydrogens (tertiary/aromatic N) is 1. The van der Waals surface area contributed by atoms with E-state index >= 15 is 0 Å². The van der Waals surface area contributed by atoms with Crippen LogP contribution in [0.2, 0.25) is 18.1 Å². The van der Waals surface area contributed by atoms with Crippen molar-refractivity contribution >= 4 is 24.0 Å².